The Hall–Kier alpha value is -0.170. The van der Waals surface area contributed by atoms with Gasteiger partial charge in [-0.05, 0) is 32.2 Å². The monoisotopic (exact) mass is 278 g/mol. The smallest absolute Gasteiger partial charge is 0.211 e. The minimum atomic E-state index is -3.17. The fraction of sp³-hybridized carbons (Fsp3) is 1.00. The first-order valence-corrected chi connectivity index (χ1v) is 8.30. The third-order valence-electron chi connectivity index (χ3n) is 3.45. The molecule has 0 aromatic carbocycles. The van der Waals surface area contributed by atoms with Crippen molar-refractivity contribution >= 4 is 10.0 Å². The third kappa shape index (κ3) is 5.22. The Morgan fingerprint density at radius 3 is 2.44 bits per heavy atom. The van der Waals surface area contributed by atoms with E-state index in [4.69, 9.17) is 4.74 Å². The lowest BCUT2D eigenvalue weighted by Crippen LogP contribution is -2.49. The molecule has 5 nitrogen and oxygen atoms in total. The van der Waals surface area contributed by atoms with E-state index in [2.05, 4.69) is 10.0 Å². The second kappa shape index (κ2) is 6.84. The molecule has 1 aliphatic rings. The predicted octanol–water partition coefficient (Wildman–Crippen LogP) is 0.863. The molecule has 18 heavy (non-hydrogen) atoms. The van der Waals surface area contributed by atoms with Crippen LogP contribution in [0.25, 0.3) is 0 Å². The van der Waals surface area contributed by atoms with E-state index in [1.807, 2.05) is 13.8 Å². The standard InChI is InChI=1S/C12H26N2O3S/c1-11(2)13-8-5-9-18(15,16)14-10-12(17-3)6-4-7-12/h11,13-14H,4-10H2,1-3H3. The molecular weight excluding hydrogens is 252 g/mol. The predicted molar refractivity (Wildman–Crippen MR) is 73.1 cm³/mol. The second-order valence-electron chi connectivity index (χ2n) is 5.34. The molecule has 0 heterocycles. The lowest BCUT2D eigenvalue weighted by molar-refractivity contribution is -0.0659. The highest BCUT2D eigenvalue weighted by atomic mass is 32.2. The van der Waals surface area contributed by atoms with E-state index in [0.29, 0.717) is 19.0 Å². The topological polar surface area (TPSA) is 67.4 Å². The minimum Gasteiger partial charge on any atom is -0.377 e. The molecule has 0 radical (unpaired) electrons. The van der Waals surface area contributed by atoms with Gasteiger partial charge in [0.05, 0.1) is 11.4 Å². The van der Waals surface area contributed by atoms with Gasteiger partial charge in [0.1, 0.15) is 0 Å². The molecule has 0 aliphatic heterocycles. The van der Waals surface area contributed by atoms with Crippen LogP contribution in [0.5, 0.6) is 0 Å². The van der Waals surface area contributed by atoms with Gasteiger partial charge in [-0.25, -0.2) is 13.1 Å². The van der Waals surface area contributed by atoms with Crippen LogP contribution in [0, 0.1) is 0 Å². The van der Waals surface area contributed by atoms with Crippen molar-refractivity contribution in [2.24, 2.45) is 0 Å². The molecule has 1 saturated carbocycles. The molecule has 0 aromatic heterocycles. The molecule has 0 unspecified atom stereocenters. The molecule has 0 spiro atoms. The van der Waals surface area contributed by atoms with Gasteiger partial charge in [-0.1, -0.05) is 13.8 Å². The summed E-state index contributed by atoms with van der Waals surface area (Å²) in [5.74, 6) is 0.173. The molecule has 0 atom stereocenters. The van der Waals surface area contributed by atoms with Gasteiger partial charge >= 0.3 is 0 Å². The maximum atomic E-state index is 11.8. The van der Waals surface area contributed by atoms with E-state index in [0.717, 1.165) is 25.8 Å². The Morgan fingerprint density at radius 2 is 2.00 bits per heavy atom. The Morgan fingerprint density at radius 1 is 1.33 bits per heavy atom. The van der Waals surface area contributed by atoms with Crippen LogP contribution in [0.15, 0.2) is 0 Å². The van der Waals surface area contributed by atoms with Crippen molar-refractivity contribution in [1.82, 2.24) is 10.0 Å². The fourth-order valence-corrected chi connectivity index (χ4v) is 3.14. The summed E-state index contributed by atoms with van der Waals surface area (Å²) in [6, 6.07) is 0.396. The number of nitrogens with one attached hydrogen (secondary N) is 2. The number of ether oxygens (including phenoxy) is 1. The van der Waals surface area contributed by atoms with Crippen LogP contribution >= 0.6 is 0 Å². The van der Waals surface area contributed by atoms with Crippen molar-refractivity contribution in [3.05, 3.63) is 0 Å². The Balaban J connectivity index is 2.23. The Labute approximate surface area is 111 Å². The number of rotatable bonds is 9. The molecule has 1 fully saturated rings. The fourth-order valence-electron chi connectivity index (χ4n) is 1.99. The molecule has 1 rings (SSSR count). The molecule has 6 heteroatoms. The maximum Gasteiger partial charge on any atom is 0.211 e. The van der Waals surface area contributed by atoms with Crippen molar-refractivity contribution in [3.8, 4) is 0 Å². The van der Waals surface area contributed by atoms with Crippen LogP contribution in [0.4, 0.5) is 0 Å². The zero-order valence-corrected chi connectivity index (χ0v) is 12.5. The molecule has 1 aliphatic carbocycles. The number of methoxy groups -OCH3 is 1. The van der Waals surface area contributed by atoms with Gasteiger partial charge in [0.15, 0.2) is 0 Å². The lowest BCUT2D eigenvalue weighted by Gasteiger charge is -2.40. The van der Waals surface area contributed by atoms with Crippen molar-refractivity contribution in [2.45, 2.75) is 51.2 Å². The van der Waals surface area contributed by atoms with Crippen molar-refractivity contribution in [1.29, 1.82) is 0 Å². The molecule has 0 aromatic rings. The molecular formula is C12H26N2O3S. The van der Waals surface area contributed by atoms with Gasteiger partial charge in [-0.3, -0.25) is 0 Å². The second-order valence-corrected chi connectivity index (χ2v) is 7.27. The summed E-state index contributed by atoms with van der Waals surface area (Å²) in [4.78, 5) is 0. The van der Waals surface area contributed by atoms with E-state index in [-0.39, 0.29) is 11.4 Å². The molecule has 108 valence electrons. The Bertz CT molecular complexity index is 332. The zero-order chi connectivity index (χ0) is 13.6. The van der Waals surface area contributed by atoms with Gasteiger partial charge in [-0.15, -0.1) is 0 Å². The van der Waals surface area contributed by atoms with E-state index >= 15 is 0 Å². The summed E-state index contributed by atoms with van der Waals surface area (Å²) >= 11 is 0. The summed E-state index contributed by atoms with van der Waals surface area (Å²) < 4.78 is 31.6. The van der Waals surface area contributed by atoms with Gasteiger partial charge in [0.2, 0.25) is 10.0 Å². The molecule has 0 amide bonds. The van der Waals surface area contributed by atoms with Crippen molar-refractivity contribution < 1.29 is 13.2 Å². The minimum absolute atomic E-state index is 0.173. The number of sulfonamides is 1. The quantitative estimate of drug-likeness (QED) is 0.614. The first-order chi connectivity index (χ1) is 8.39. The van der Waals surface area contributed by atoms with E-state index in [1.165, 1.54) is 0 Å². The van der Waals surface area contributed by atoms with Crippen LogP contribution in [0.1, 0.15) is 39.5 Å². The van der Waals surface area contributed by atoms with E-state index in [1.54, 1.807) is 7.11 Å². The average molecular weight is 278 g/mol. The Kier molecular flexibility index (Phi) is 6.04. The third-order valence-corrected chi connectivity index (χ3v) is 4.86. The highest BCUT2D eigenvalue weighted by Gasteiger charge is 2.37. The number of hydrogen-bond acceptors (Lipinski definition) is 4. The first kappa shape index (κ1) is 15.9. The SMILES string of the molecule is COC1(CNS(=O)(=O)CCCNC(C)C)CCC1. The zero-order valence-electron chi connectivity index (χ0n) is 11.7. The van der Waals surface area contributed by atoms with Crippen molar-refractivity contribution in [2.75, 3.05) is 26.0 Å². The summed E-state index contributed by atoms with van der Waals surface area (Å²) in [7, 11) is -1.52. The average Bonchev–Trinajstić information content (AvgIpc) is 2.23. The van der Waals surface area contributed by atoms with Crippen LogP contribution in [0.3, 0.4) is 0 Å². The van der Waals surface area contributed by atoms with E-state index < -0.39 is 10.0 Å². The van der Waals surface area contributed by atoms with Crippen molar-refractivity contribution in [3.63, 3.8) is 0 Å². The van der Waals surface area contributed by atoms with Gasteiger partial charge in [0.25, 0.3) is 0 Å². The maximum absolute atomic E-state index is 11.8. The largest absolute Gasteiger partial charge is 0.377 e. The lowest BCUT2D eigenvalue weighted by atomic mass is 9.80. The highest BCUT2D eigenvalue weighted by Crippen LogP contribution is 2.34. The molecule has 0 saturated heterocycles. The van der Waals surface area contributed by atoms with Crippen LogP contribution < -0.4 is 10.0 Å². The van der Waals surface area contributed by atoms with E-state index in [9.17, 15) is 8.42 Å². The summed E-state index contributed by atoms with van der Waals surface area (Å²) in [6.45, 7) is 5.23. The summed E-state index contributed by atoms with van der Waals surface area (Å²) in [5, 5.41) is 3.21. The van der Waals surface area contributed by atoms with Gasteiger partial charge < -0.3 is 10.1 Å². The summed E-state index contributed by atoms with van der Waals surface area (Å²) in [6.07, 6.45) is 3.64. The van der Waals surface area contributed by atoms with Gasteiger partial charge in [0, 0.05) is 19.7 Å². The van der Waals surface area contributed by atoms with Crippen LogP contribution in [-0.2, 0) is 14.8 Å². The van der Waals surface area contributed by atoms with Crippen LogP contribution in [0.2, 0.25) is 0 Å². The molecule has 0 bridgehead atoms. The first-order valence-electron chi connectivity index (χ1n) is 6.65. The van der Waals surface area contributed by atoms with Gasteiger partial charge in [-0.2, -0.15) is 0 Å². The normalized spacial score (nSPS) is 18.9. The highest BCUT2D eigenvalue weighted by molar-refractivity contribution is 7.89. The summed E-state index contributed by atoms with van der Waals surface area (Å²) in [5.41, 5.74) is -0.247. The number of hydrogen-bond donors (Lipinski definition) is 2. The molecule has 2 N–H and O–H groups in total. The van der Waals surface area contributed by atoms with Crippen LogP contribution in [-0.4, -0.2) is 46.0 Å².